The van der Waals surface area contributed by atoms with Gasteiger partial charge in [-0.05, 0) is 51.3 Å². The van der Waals surface area contributed by atoms with Gasteiger partial charge in [-0.1, -0.05) is 11.6 Å². The van der Waals surface area contributed by atoms with E-state index in [1.165, 1.54) is 0 Å². The number of halogens is 1. The van der Waals surface area contributed by atoms with Crippen LogP contribution in [-0.4, -0.2) is 25.1 Å². The van der Waals surface area contributed by atoms with Gasteiger partial charge in [0.15, 0.2) is 0 Å². The van der Waals surface area contributed by atoms with Crippen LogP contribution in [0.4, 0.5) is 0 Å². The van der Waals surface area contributed by atoms with Gasteiger partial charge in [0.05, 0.1) is 13.2 Å². The molecule has 0 bridgehead atoms. The second-order valence-electron chi connectivity index (χ2n) is 5.79. The van der Waals surface area contributed by atoms with Gasteiger partial charge in [0.1, 0.15) is 5.75 Å². The molecule has 1 aromatic carbocycles. The fourth-order valence-electron chi connectivity index (χ4n) is 2.63. The Morgan fingerprint density at radius 3 is 2.95 bits per heavy atom. The molecule has 0 aliphatic carbocycles. The molecule has 1 aliphatic rings. The quantitative estimate of drug-likeness (QED) is 0.899. The lowest BCUT2D eigenvalue weighted by Crippen LogP contribution is -2.38. The Labute approximate surface area is 131 Å². The zero-order valence-electron chi connectivity index (χ0n) is 12.8. The van der Waals surface area contributed by atoms with Gasteiger partial charge < -0.3 is 15.4 Å². The highest BCUT2D eigenvalue weighted by molar-refractivity contribution is 6.30. The van der Waals surface area contributed by atoms with E-state index in [0.29, 0.717) is 18.2 Å². The molecule has 21 heavy (non-hydrogen) atoms. The molecule has 1 aliphatic heterocycles. The smallest absolute Gasteiger partial charge is 0.234 e. The van der Waals surface area contributed by atoms with Crippen LogP contribution in [0, 0.1) is 6.92 Å². The minimum atomic E-state index is 0.00969. The summed E-state index contributed by atoms with van der Waals surface area (Å²) in [6.45, 7) is 6.91. The summed E-state index contributed by atoms with van der Waals surface area (Å²) in [5.74, 6) is 0.911. The van der Waals surface area contributed by atoms with Crippen LogP contribution in [0.3, 0.4) is 0 Å². The Kier molecular flexibility index (Phi) is 5.48. The molecule has 1 heterocycles. The summed E-state index contributed by atoms with van der Waals surface area (Å²) in [7, 11) is 0. The Morgan fingerprint density at radius 2 is 2.24 bits per heavy atom. The maximum Gasteiger partial charge on any atom is 0.234 e. The number of hydrogen-bond donors (Lipinski definition) is 2. The predicted molar refractivity (Wildman–Crippen MR) is 84.9 cm³/mol. The van der Waals surface area contributed by atoms with Crippen molar-refractivity contribution < 1.29 is 9.53 Å². The highest BCUT2D eigenvalue weighted by Gasteiger charge is 2.22. The number of amides is 1. The van der Waals surface area contributed by atoms with E-state index in [9.17, 15) is 4.79 Å². The van der Waals surface area contributed by atoms with Crippen molar-refractivity contribution in [3.8, 4) is 5.75 Å². The Balaban J connectivity index is 2.12. The van der Waals surface area contributed by atoms with E-state index in [4.69, 9.17) is 16.3 Å². The molecule has 0 radical (unpaired) electrons. The topological polar surface area (TPSA) is 50.4 Å². The van der Waals surface area contributed by atoms with Crippen LogP contribution in [0.2, 0.25) is 5.02 Å². The van der Waals surface area contributed by atoms with Crippen molar-refractivity contribution >= 4 is 17.5 Å². The number of hydrogen-bond acceptors (Lipinski definition) is 3. The van der Waals surface area contributed by atoms with E-state index < -0.39 is 0 Å². The van der Waals surface area contributed by atoms with Crippen molar-refractivity contribution in [1.29, 1.82) is 0 Å². The minimum absolute atomic E-state index is 0.00969. The first-order valence-electron chi connectivity index (χ1n) is 7.43. The molecule has 0 aromatic heterocycles. The Bertz CT molecular complexity index is 517. The number of benzene rings is 1. The molecule has 1 amide bonds. The lowest BCUT2D eigenvalue weighted by Gasteiger charge is -2.20. The molecule has 116 valence electrons. The first-order chi connectivity index (χ1) is 9.97. The van der Waals surface area contributed by atoms with Gasteiger partial charge in [0, 0.05) is 22.7 Å². The molecule has 1 aromatic rings. The third kappa shape index (κ3) is 4.35. The first-order valence-corrected chi connectivity index (χ1v) is 7.80. The van der Waals surface area contributed by atoms with Crippen LogP contribution >= 0.6 is 11.6 Å². The molecule has 2 N–H and O–H groups in total. The summed E-state index contributed by atoms with van der Waals surface area (Å²) in [4.78, 5) is 11.8. The van der Waals surface area contributed by atoms with Crippen molar-refractivity contribution in [3.05, 3.63) is 28.3 Å². The monoisotopic (exact) mass is 310 g/mol. The average Bonchev–Trinajstić information content (AvgIpc) is 2.58. The van der Waals surface area contributed by atoms with Gasteiger partial charge >= 0.3 is 0 Å². The van der Waals surface area contributed by atoms with Gasteiger partial charge in [0.25, 0.3) is 0 Å². The molecule has 0 saturated heterocycles. The lowest BCUT2D eigenvalue weighted by atomic mass is 10.00. The highest BCUT2D eigenvalue weighted by atomic mass is 35.5. The standard InChI is InChI=1S/C16H23ClN2O2/c1-10(2)19-15(20)9-18-14-5-4-6-21-16-11(3)7-12(17)8-13(14)16/h7-8,10,14,18H,4-6,9H2,1-3H3,(H,19,20). The summed E-state index contributed by atoms with van der Waals surface area (Å²) in [5.41, 5.74) is 2.09. The van der Waals surface area contributed by atoms with Crippen molar-refractivity contribution in [2.75, 3.05) is 13.2 Å². The van der Waals surface area contributed by atoms with Crippen molar-refractivity contribution in [2.24, 2.45) is 0 Å². The molecule has 0 spiro atoms. The maximum absolute atomic E-state index is 11.8. The van der Waals surface area contributed by atoms with Crippen molar-refractivity contribution in [1.82, 2.24) is 10.6 Å². The predicted octanol–water partition coefficient (Wildman–Crippen LogP) is 2.98. The highest BCUT2D eigenvalue weighted by Crippen LogP contribution is 2.36. The van der Waals surface area contributed by atoms with Crippen LogP contribution in [0.5, 0.6) is 5.75 Å². The molecule has 0 fully saturated rings. The third-order valence-corrected chi connectivity index (χ3v) is 3.70. The van der Waals surface area contributed by atoms with Crippen LogP contribution in [0.1, 0.15) is 43.9 Å². The number of carbonyl (C=O) groups excluding carboxylic acids is 1. The van der Waals surface area contributed by atoms with E-state index in [1.807, 2.05) is 32.9 Å². The summed E-state index contributed by atoms with van der Waals surface area (Å²) in [6.07, 6.45) is 1.89. The van der Waals surface area contributed by atoms with E-state index in [-0.39, 0.29) is 18.0 Å². The third-order valence-electron chi connectivity index (χ3n) is 3.49. The second-order valence-corrected chi connectivity index (χ2v) is 6.22. The van der Waals surface area contributed by atoms with Gasteiger partial charge in [-0.25, -0.2) is 0 Å². The fourth-order valence-corrected chi connectivity index (χ4v) is 2.91. The van der Waals surface area contributed by atoms with Crippen LogP contribution in [0.15, 0.2) is 12.1 Å². The molecule has 0 saturated carbocycles. The average molecular weight is 311 g/mol. The van der Waals surface area contributed by atoms with Crippen LogP contribution in [0.25, 0.3) is 0 Å². The number of carbonyl (C=O) groups is 1. The largest absolute Gasteiger partial charge is 0.493 e. The van der Waals surface area contributed by atoms with Crippen molar-refractivity contribution in [3.63, 3.8) is 0 Å². The van der Waals surface area contributed by atoms with Gasteiger partial charge in [-0.3, -0.25) is 4.79 Å². The molecule has 2 rings (SSSR count). The number of rotatable bonds is 4. The number of fused-ring (bicyclic) bond motifs is 1. The fraction of sp³-hybridized carbons (Fsp3) is 0.562. The van der Waals surface area contributed by atoms with Crippen molar-refractivity contribution in [2.45, 2.75) is 45.7 Å². The SMILES string of the molecule is Cc1cc(Cl)cc2c1OCCCC2NCC(=O)NC(C)C. The van der Waals surface area contributed by atoms with E-state index in [1.54, 1.807) is 0 Å². The molecule has 1 atom stereocenters. The molecular formula is C16H23ClN2O2. The summed E-state index contributed by atoms with van der Waals surface area (Å²) < 4.78 is 5.84. The number of nitrogens with one attached hydrogen (secondary N) is 2. The van der Waals surface area contributed by atoms with E-state index >= 15 is 0 Å². The number of aryl methyl sites for hydroxylation is 1. The zero-order valence-corrected chi connectivity index (χ0v) is 13.6. The van der Waals surface area contributed by atoms with Gasteiger partial charge in [-0.2, -0.15) is 0 Å². The Morgan fingerprint density at radius 1 is 1.48 bits per heavy atom. The molecule has 4 nitrogen and oxygen atoms in total. The van der Waals surface area contributed by atoms with Gasteiger partial charge in [0.2, 0.25) is 5.91 Å². The van der Waals surface area contributed by atoms with E-state index in [0.717, 1.165) is 29.7 Å². The summed E-state index contributed by atoms with van der Waals surface area (Å²) in [5, 5.41) is 6.92. The molecular weight excluding hydrogens is 288 g/mol. The molecule has 1 unspecified atom stereocenters. The summed E-state index contributed by atoms with van der Waals surface area (Å²) >= 11 is 6.17. The van der Waals surface area contributed by atoms with Crippen LogP contribution in [-0.2, 0) is 4.79 Å². The maximum atomic E-state index is 11.8. The van der Waals surface area contributed by atoms with Gasteiger partial charge in [-0.15, -0.1) is 0 Å². The number of ether oxygens (including phenoxy) is 1. The second kappa shape index (κ2) is 7.14. The molecule has 5 heteroatoms. The zero-order chi connectivity index (χ0) is 15.4. The first kappa shape index (κ1) is 16.1. The minimum Gasteiger partial charge on any atom is -0.493 e. The van der Waals surface area contributed by atoms with Crippen LogP contribution < -0.4 is 15.4 Å². The van der Waals surface area contributed by atoms with E-state index in [2.05, 4.69) is 10.6 Å². The summed E-state index contributed by atoms with van der Waals surface area (Å²) in [6, 6.07) is 4.10. The lowest BCUT2D eigenvalue weighted by molar-refractivity contribution is -0.120. The Hall–Kier alpha value is -1.26. The normalized spacial score (nSPS) is 17.9.